The van der Waals surface area contributed by atoms with Gasteiger partial charge in [-0.3, -0.25) is 0 Å². The summed E-state index contributed by atoms with van der Waals surface area (Å²) in [5, 5.41) is 2.09. The zero-order chi connectivity index (χ0) is 17.2. The summed E-state index contributed by atoms with van der Waals surface area (Å²) in [4.78, 5) is 11.7. The van der Waals surface area contributed by atoms with Crippen molar-refractivity contribution in [1.29, 1.82) is 0 Å². The highest BCUT2D eigenvalue weighted by Gasteiger charge is 2.15. The predicted molar refractivity (Wildman–Crippen MR) is 107 cm³/mol. The van der Waals surface area contributed by atoms with Gasteiger partial charge in [-0.1, -0.05) is 36.4 Å². The molecule has 4 rings (SSSR count). The maximum Gasteiger partial charge on any atom is 0.138 e. The van der Waals surface area contributed by atoms with Crippen LogP contribution in [-0.4, -0.2) is 24.1 Å². The lowest BCUT2D eigenvalue weighted by Crippen LogP contribution is -2.07. The molecule has 0 spiro atoms. The Morgan fingerprint density at radius 3 is 2.24 bits per heavy atom. The zero-order valence-corrected chi connectivity index (χ0v) is 15.0. The molecule has 0 saturated carbocycles. The first-order valence-electron chi connectivity index (χ1n) is 8.19. The summed E-state index contributed by atoms with van der Waals surface area (Å²) >= 11 is 1.72. The molecule has 2 heterocycles. The Morgan fingerprint density at radius 1 is 0.840 bits per heavy atom. The smallest absolute Gasteiger partial charge is 0.138 e. The predicted octanol–water partition coefficient (Wildman–Crippen LogP) is 5.54. The molecule has 0 radical (unpaired) electrons. The third-order valence-electron chi connectivity index (χ3n) is 4.18. The molecule has 0 atom stereocenters. The molecule has 0 saturated heterocycles. The summed E-state index contributed by atoms with van der Waals surface area (Å²) in [6.45, 7) is 0. The molecule has 0 amide bonds. The maximum atomic E-state index is 4.92. The van der Waals surface area contributed by atoms with E-state index >= 15 is 0 Å². The van der Waals surface area contributed by atoms with E-state index < -0.39 is 0 Å². The summed E-state index contributed by atoms with van der Waals surface area (Å²) in [5.41, 5.74) is 5.46. The number of benzene rings is 2. The Labute approximate surface area is 151 Å². The molecule has 0 unspecified atom stereocenters. The molecular weight excluding hydrogens is 326 g/mol. The second-order valence-electron chi connectivity index (χ2n) is 6.09. The number of thiophene rings is 1. The van der Waals surface area contributed by atoms with E-state index in [9.17, 15) is 0 Å². The van der Waals surface area contributed by atoms with E-state index in [2.05, 4.69) is 63.8 Å². The van der Waals surface area contributed by atoms with Gasteiger partial charge >= 0.3 is 0 Å². The van der Waals surface area contributed by atoms with Crippen LogP contribution >= 0.6 is 11.3 Å². The first kappa shape index (κ1) is 15.7. The molecule has 25 heavy (non-hydrogen) atoms. The molecule has 0 aliphatic heterocycles. The number of imidazole rings is 1. The standard InChI is InChI=1S/C21H19N3S/c1-24(2)17-12-10-16(11-13-17)21-22-19(15-7-4-3-5-8-15)20(23-21)18-9-6-14-25-18/h3-14H,1-2H3,(H,22,23). The van der Waals surface area contributed by atoms with Crippen LogP contribution in [0.5, 0.6) is 0 Å². The van der Waals surface area contributed by atoms with Crippen molar-refractivity contribution in [2.24, 2.45) is 0 Å². The first-order chi connectivity index (χ1) is 12.2. The Balaban J connectivity index is 1.82. The fraction of sp³-hybridized carbons (Fsp3) is 0.0952. The maximum absolute atomic E-state index is 4.92. The Kier molecular flexibility index (Phi) is 4.12. The lowest BCUT2D eigenvalue weighted by Gasteiger charge is -2.12. The summed E-state index contributed by atoms with van der Waals surface area (Å²) < 4.78 is 0. The van der Waals surface area contributed by atoms with Crippen molar-refractivity contribution in [2.45, 2.75) is 0 Å². The molecule has 3 nitrogen and oxygen atoms in total. The number of anilines is 1. The average Bonchev–Trinajstić information content (AvgIpc) is 3.32. The third kappa shape index (κ3) is 3.08. The summed E-state index contributed by atoms with van der Waals surface area (Å²) in [5.74, 6) is 0.896. The van der Waals surface area contributed by atoms with E-state index in [1.165, 1.54) is 10.6 Å². The Bertz CT molecular complexity index is 952. The van der Waals surface area contributed by atoms with Gasteiger partial charge in [0.25, 0.3) is 0 Å². The number of H-pyrrole nitrogens is 1. The number of hydrogen-bond donors (Lipinski definition) is 1. The highest BCUT2D eigenvalue weighted by atomic mass is 32.1. The van der Waals surface area contributed by atoms with E-state index in [0.717, 1.165) is 28.3 Å². The quantitative estimate of drug-likeness (QED) is 0.527. The minimum absolute atomic E-state index is 0.896. The van der Waals surface area contributed by atoms with E-state index in [1.54, 1.807) is 11.3 Å². The molecule has 4 heteroatoms. The largest absolute Gasteiger partial charge is 0.378 e. The van der Waals surface area contributed by atoms with Crippen LogP contribution < -0.4 is 4.90 Å². The number of aromatic nitrogens is 2. The van der Waals surface area contributed by atoms with E-state index in [1.807, 2.05) is 32.3 Å². The van der Waals surface area contributed by atoms with Crippen molar-refractivity contribution < 1.29 is 0 Å². The van der Waals surface area contributed by atoms with Crippen molar-refractivity contribution in [1.82, 2.24) is 9.97 Å². The van der Waals surface area contributed by atoms with E-state index in [4.69, 9.17) is 4.98 Å². The molecule has 0 fully saturated rings. The Hall–Kier alpha value is -2.85. The summed E-state index contributed by atoms with van der Waals surface area (Å²) in [6.07, 6.45) is 0. The van der Waals surface area contributed by atoms with Gasteiger partial charge in [0.2, 0.25) is 0 Å². The normalized spacial score (nSPS) is 10.8. The molecule has 124 valence electrons. The van der Waals surface area contributed by atoms with Crippen LogP contribution in [0.25, 0.3) is 33.2 Å². The molecular formula is C21H19N3S. The van der Waals surface area contributed by atoms with Gasteiger partial charge in [0, 0.05) is 30.9 Å². The number of rotatable bonds is 4. The van der Waals surface area contributed by atoms with Crippen molar-refractivity contribution in [3.05, 3.63) is 72.1 Å². The summed E-state index contributed by atoms with van der Waals surface area (Å²) in [6, 6.07) is 23.0. The average molecular weight is 345 g/mol. The van der Waals surface area contributed by atoms with Gasteiger partial charge in [0.1, 0.15) is 5.82 Å². The molecule has 0 bridgehead atoms. The van der Waals surface area contributed by atoms with Gasteiger partial charge in [-0.25, -0.2) is 4.98 Å². The SMILES string of the molecule is CN(C)c1ccc(-c2nc(-c3ccccc3)c(-c3cccs3)[nH]2)cc1. The van der Waals surface area contributed by atoms with Crippen LogP contribution in [-0.2, 0) is 0 Å². The Morgan fingerprint density at radius 2 is 1.60 bits per heavy atom. The third-order valence-corrected chi connectivity index (χ3v) is 5.06. The fourth-order valence-electron chi connectivity index (χ4n) is 2.83. The monoisotopic (exact) mass is 345 g/mol. The van der Waals surface area contributed by atoms with Crippen LogP contribution in [0, 0.1) is 0 Å². The molecule has 0 aliphatic rings. The summed E-state index contributed by atoms with van der Waals surface area (Å²) in [7, 11) is 4.09. The molecule has 2 aromatic heterocycles. The number of nitrogens with one attached hydrogen (secondary N) is 1. The van der Waals surface area contributed by atoms with Crippen molar-refractivity contribution in [2.75, 3.05) is 19.0 Å². The van der Waals surface area contributed by atoms with Crippen LogP contribution in [0.4, 0.5) is 5.69 Å². The molecule has 1 N–H and O–H groups in total. The van der Waals surface area contributed by atoms with E-state index in [0.29, 0.717) is 0 Å². The topological polar surface area (TPSA) is 31.9 Å². The number of hydrogen-bond acceptors (Lipinski definition) is 3. The fourth-order valence-corrected chi connectivity index (χ4v) is 3.56. The highest BCUT2D eigenvalue weighted by molar-refractivity contribution is 7.13. The van der Waals surface area contributed by atoms with Gasteiger partial charge in [0.05, 0.1) is 16.3 Å². The second-order valence-corrected chi connectivity index (χ2v) is 7.04. The highest BCUT2D eigenvalue weighted by Crippen LogP contribution is 2.35. The van der Waals surface area contributed by atoms with Gasteiger partial charge in [-0.2, -0.15) is 0 Å². The molecule has 4 aromatic rings. The lowest BCUT2D eigenvalue weighted by molar-refractivity contribution is 1.13. The van der Waals surface area contributed by atoms with Crippen LogP contribution in [0.1, 0.15) is 0 Å². The van der Waals surface area contributed by atoms with Gasteiger partial charge in [-0.15, -0.1) is 11.3 Å². The number of aromatic amines is 1. The van der Waals surface area contributed by atoms with Gasteiger partial charge in [-0.05, 0) is 35.7 Å². The van der Waals surface area contributed by atoms with Gasteiger partial charge in [0.15, 0.2) is 0 Å². The number of nitrogens with zero attached hydrogens (tertiary/aromatic N) is 2. The van der Waals surface area contributed by atoms with Crippen molar-refractivity contribution >= 4 is 17.0 Å². The van der Waals surface area contributed by atoms with E-state index in [-0.39, 0.29) is 0 Å². The van der Waals surface area contributed by atoms with Crippen molar-refractivity contribution in [3.8, 4) is 33.2 Å². The second kappa shape index (κ2) is 6.57. The minimum Gasteiger partial charge on any atom is -0.378 e. The zero-order valence-electron chi connectivity index (χ0n) is 14.2. The van der Waals surface area contributed by atoms with Crippen LogP contribution in [0.2, 0.25) is 0 Å². The lowest BCUT2D eigenvalue weighted by atomic mass is 10.1. The van der Waals surface area contributed by atoms with Crippen molar-refractivity contribution in [3.63, 3.8) is 0 Å². The van der Waals surface area contributed by atoms with Crippen LogP contribution in [0.3, 0.4) is 0 Å². The minimum atomic E-state index is 0.896. The van der Waals surface area contributed by atoms with Crippen LogP contribution in [0.15, 0.2) is 72.1 Å². The first-order valence-corrected chi connectivity index (χ1v) is 9.07. The van der Waals surface area contributed by atoms with Gasteiger partial charge < -0.3 is 9.88 Å². The molecule has 0 aliphatic carbocycles. The molecule has 2 aromatic carbocycles.